The SMILES string of the molecule is CCNc1nccc(N2CCN(c3ccnc(C(F)(F)F)c3)CC2)n1. The maximum atomic E-state index is 12.8. The highest BCUT2D eigenvalue weighted by Gasteiger charge is 2.33. The number of halogens is 3. The average molecular weight is 352 g/mol. The van der Waals surface area contributed by atoms with Crippen LogP contribution >= 0.6 is 0 Å². The van der Waals surface area contributed by atoms with E-state index in [-0.39, 0.29) is 0 Å². The molecule has 0 unspecified atom stereocenters. The highest BCUT2D eigenvalue weighted by molar-refractivity contribution is 5.50. The van der Waals surface area contributed by atoms with Gasteiger partial charge in [-0.3, -0.25) is 4.98 Å². The van der Waals surface area contributed by atoms with E-state index in [9.17, 15) is 13.2 Å². The third-order valence-corrected chi connectivity index (χ3v) is 3.98. The summed E-state index contributed by atoms with van der Waals surface area (Å²) < 4.78 is 38.4. The predicted molar refractivity (Wildman–Crippen MR) is 89.9 cm³/mol. The van der Waals surface area contributed by atoms with E-state index in [0.29, 0.717) is 37.8 Å². The molecule has 0 radical (unpaired) electrons. The number of nitrogens with one attached hydrogen (secondary N) is 1. The lowest BCUT2D eigenvalue weighted by molar-refractivity contribution is -0.141. The second kappa shape index (κ2) is 7.12. The van der Waals surface area contributed by atoms with E-state index in [2.05, 4.69) is 25.2 Å². The van der Waals surface area contributed by atoms with Gasteiger partial charge in [0.15, 0.2) is 0 Å². The van der Waals surface area contributed by atoms with Crippen molar-refractivity contribution in [3.63, 3.8) is 0 Å². The fourth-order valence-electron chi connectivity index (χ4n) is 2.73. The first-order valence-corrected chi connectivity index (χ1v) is 8.07. The minimum atomic E-state index is -4.43. The molecule has 0 spiro atoms. The molecule has 1 fully saturated rings. The van der Waals surface area contributed by atoms with Gasteiger partial charge < -0.3 is 15.1 Å². The lowest BCUT2D eigenvalue weighted by Crippen LogP contribution is -2.47. The Morgan fingerprint density at radius 2 is 1.72 bits per heavy atom. The molecule has 1 aliphatic rings. The molecule has 0 atom stereocenters. The molecule has 2 aromatic rings. The molecule has 9 heteroatoms. The van der Waals surface area contributed by atoms with Crippen LogP contribution in [0.2, 0.25) is 0 Å². The van der Waals surface area contributed by atoms with Gasteiger partial charge in [-0.25, -0.2) is 4.98 Å². The van der Waals surface area contributed by atoms with Gasteiger partial charge in [-0.1, -0.05) is 0 Å². The number of piperazine rings is 1. The molecular formula is C16H19F3N6. The Morgan fingerprint density at radius 3 is 2.40 bits per heavy atom. The molecule has 0 aliphatic carbocycles. The Labute approximate surface area is 143 Å². The van der Waals surface area contributed by atoms with Gasteiger partial charge in [0.1, 0.15) is 11.5 Å². The van der Waals surface area contributed by atoms with Crippen LogP contribution in [0.25, 0.3) is 0 Å². The number of alkyl halides is 3. The van der Waals surface area contributed by atoms with E-state index in [1.54, 1.807) is 12.3 Å². The smallest absolute Gasteiger partial charge is 0.368 e. The van der Waals surface area contributed by atoms with Gasteiger partial charge in [-0.05, 0) is 25.1 Å². The largest absolute Gasteiger partial charge is 0.433 e. The summed E-state index contributed by atoms with van der Waals surface area (Å²) >= 11 is 0. The van der Waals surface area contributed by atoms with Crippen LogP contribution in [0.3, 0.4) is 0 Å². The van der Waals surface area contributed by atoms with Crippen LogP contribution in [-0.2, 0) is 6.18 Å². The van der Waals surface area contributed by atoms with Crippen molar-refractivity contribution in [3.8, 4) is 0 Å². The molecule has 1 saturated heterocycles. The predicted octanol–water partition coefficient (Wildman–Crippen LogP) is 2.65. The molecule has 0 aromatic carbocycles. The van der Waals surface area contributed by atoms with Crippen LogP contribution in [-0.4, -0.2) is 47.7 Å². The second-order valence-electron chi connectivity index (χ2n) is 5.64. The summed E-state index contributed by atoms with van der Waals surface area (Å²) in [5.74, 6) is 1.39. The van der Waals surface area contributed by atoms with Gasteiger partial charge in [-0.15, -0.1) is 0 Å². The summed E-state index contributed by atoms with van der Waals surface area (Å²) in [6.07, 6.45) is -1.52. The Bertz CT molecular complexity index is 713. The number of hydrogen-bond acceptors (Lipinski definition) is 6. The van der Waals surface area contributed by atoms with E-state index in [1.807, 2.05) is 17.9 Å². The van der Waals surface area contributed by atoms with Crippen LogP contribution in [0.4, 0.5) is 30.6 Å². The molecule has 0 amide bonds. The Kier molecular flexibility index (Phi) is 4.91. The third-order valence-electron chi connectivity index (χ3n) is 3.98. The molecule has 0 saturated carbocycles. The number of hydrogen-bond donors (Lipinski definition) is 1. The van der Waals surface area contributed by atoms with Gasteiger partial charge in [0.2, 0.25) is 5.95 Å². The summed E-state index contributed by atoms with van der Waals surface area (Å²) in [6, 6.07) is 4.55. The summed E-state index contributed by atoms with van der Waals surface area (Å²) in [7, 11) is 0. The van der Waals surface area contributed by atoms with Crippen LogP contribution in [0, 0.1) is 0 Å². The Morgan fingerprint density at radius 1 is 1.04 bits per heavy atom. The van der Waals surface area contributed by atoms with Crippen LogP contribution in [0.1, 0.15) is 12.6 Å². The number of aromatic nitrogens is 3. The number of pyridine rings is 1. The maximum Gasteiger partial charge on any atom is 0.433 e. The number of anilines is 3. The van der Waals surface area contributed by atoms with Gasteiger partial charge in [0, 0.05) is 50.8 Å². The van der Waals surface area contributed by atoms with Gasteiger partial charge in [-0.2, -0.15) is 18.2 Å². The van der Waals surface area contributed by atoms with E-state index in [4.69, 9.17) is 0 Å². The highest BCUT2D eigenvalue weighted by atomic mass is 19.4. The van der Waals surface area contributed by atoms with Crippen molar-refractivity contribution in [2.24, 2.45) is 0 Å². The number of nitrogens with zero attached hydrogens (tertiary/aromatic N) is 5. The van der Waals surface area contributed by atoms with Crippen molar-refractivity contribution in [1.82, 2.24) is 15.0 Å². The van der Waals surface area contributed by atoms with Crippen molar-refractivity contribution in [3.05, 3.63) is 36.3 Å². The lowest BCUT2D eigenvalue weighted by Gasteiger charge is -2.36. The molecule has 0 bridgehead atoms. The topological polar surface area (TPSA) is 57.2 Å². The molecule has 2 aromatic heterocycles. The van der Waals surface area contributed by atoms with E-state index >= 15 is 0 Å². The fourth-order valence-corrected chi connectivity index (χ4v) is 2.73. The summed E-state index contributed by atoms with van der Waals surface area (Å²) in [5, 5.41) is 3.07. The van der Waals surface area contributed by atoms with Crippen LogP contribution in [0.15, 0.2) is 30.6 Å². The highest BCUT2D eigenvalue weighted by Crippen LogP contribution is 2.30. The molecule has 6 nitrogen and oxygen atoms in total. The fraction of sp³-hybridized carbons (Fsp3) is 0.438. The van der Waals surface area contributed by atoms with Crippen molar-refractivity contribution in [1.29, 1.82) is 0 Å². The lowest BCUT2D eigenvalue weighted by atomic mass is 10.2. The number of rotatable bonds is 4. The standard InChI is InChI=1S/C16H19F3N6/c1-2-20-15-22-6-4-14(23-15)25-9-7-24(8-10-25)12-3-5-21-13(11-12)16(17,18)19/h3-6,11H,2,7-10H2,1H3,(H,20,22,23). The van der Waals surface area contributed by atoms with E-state index in [0.717, 1.165) is 18.4 Å². The van der Waals surface area contributed by atoms with E-state index in [1.165, 1.54) is 6.20 Å². The quantitative estimate of drug-likeness (QED) is 0.913. The molecule has 1 aliphatic heterocycles. The Hall–Kier alpha value is -2.58. The first-order chi connectivity index (χ1) is 12.0. The van der Waals surface area contributed by atoms with E-state index < -0.39 is 11.9 Å². The van der Waals surface area contributed by atoms with Crippen LogP contribution < -0.4 is 15.1 Å². The normalized spacial score (nSPS) is 15.4. The molecule has 3 heterocycles. The minimum absolute atomic E-state index is 0.540. The Balaban J connectivity index is 1.67. The summed E-state index contributed by atoms with van der Waals surface area (Å²) in [5.41, 5.74) is -0.323. The molecule has 1 N–H and O–H groups in total. The van der Waals surface area contributed by atoms with Crippen molar-refractivity contribution in [2.45, 2.75) is 13.1 Å². The first kappa shape index (κ1) is 17.2. The zero-order chi connectivity index (χ0) is 17.9. The van der Waals surface area contributed by atoms with Crippen molar-refractivity contribution in [2.75, 3.05) is 47.8 Å². The monoisotopic (exact) mass is 352 g/mol. The summed E-state index contributed by atoms with van der Waals surface area (Å²) in [4.78, 5) is 16.0. The molecule has 25 heavy (non-hydrogen) atoms. The van der Waals surface area contributed by atoms with Crippen LogP contribution in [0.5, 0.6) is 0 Å². The minimum Gasteiger partial charge on any atom is -0.368 e. The summed E-state index contributed by atoms with van der Waals surface area (Å²) in [6.45, 7) is 5.28. The zero-order valence-corrected chi connectivity index (χ0v) is 13.8. The third kappa shape index (κ3) is 4.09. The molecular weight excluding hydrogens is 333 g/mol. The van der Waals surface area contributed by atoms with Gasteiger partial charge in [0.05, 0.1) is 0 Å². The second-order valence-corrected chi connectivity index (χ2v) is 5.64. The van der Waals surface area contributed by atoms with Gasteiger partial charge >= 0.3 is 6.18 Å². The maximum absolute atomic E-state index is 12.8. The zero-order valence-electron chi connectivity index (χ0n) is 13.8. The van der Waals surface area contributed by atoms with Crippen molar-refractivity contribution < 1.29 is 13.2 Å². The van der Waals surface area contributed by atoms with Crippen molar-refractivity contribution >= 4 is 17.5 Å². The molecule has 134 valence electrons. The first-order valence-electron chi connectivity index (χ1n) is 8.07. The van der Waals surface area contributed by atoms with Gasteiger partial charge in [0.25, 0.3) is 0 Å². The average Bonchev–Trinajstić information content (AvgIpc) is 2.62. The molecule has 3 rings (SSSR count).